The van der Waals surface area contributed by atoms with Crippen LogP contribution in [0.15, 0.2) is 0 Å². The Morgan fingerprint density at radius 1 is 1.37 bits per heavy atom. The molecule has 1 fully saturated rings. The third-order valence-corrected chi connectivity index (χ3v) is 3.78. The van der Waals surface area contributed by atoms with Crippen LogP contribution in [0.1, 0.15) is 47.0 Å². The van der Waals surface area contributed by atoms with Gasteiger partial charge in [-0.05, 0) is 59.0 Å². The fraction of sp³-hybridized carbons (Fsp3) is 0.933. The Balaban J connectivity index is 2.35. The van der Waals surface area contributed by atoms with Crippen LogP contribution >= 0.6 is 0 Å². The largest absolute Gasteiger partial charge is 0.353 e. The van der Waals surface area contributed by atoms with E-state index in [1.807, 2.05) is 13.8 Å². The van der Waals surface area contributed by atoms with Gasteiger partial charge in [0.25, 0.3) is 0 Å². The molecule has 2 N–H and O–H groups in total. The molecule has 1 aliphatic rings. The first-order valence-electron chi connectivity index (χ1n) is 7.78. The molecule has 0 aromatic carbocycles. The summed E-state index contributed by atoms with van der Waals surface area (Å²) in [5, 5.41) is 6.55. The summed E-state index contributed by atoms with van der Waals surface area (Å²) in [6.45, 7) is 12.2. The van der Waals surface area contributed by atoms with Crippen LogP contribution in [0.4, 0.5) is 0 Å². The summed E-state index contributed by atoms with van der Waals surface area (Å²) >= 11 is 0. The molecule has 19 heavy (non-hydrogen) atoms. The number of amides is 1. The molecule has 0 radical (unpaired) electrons. The predicted octanol–water partition coefficient (Wildman–Crippen LogP) is 1.61. The molecule has 1 saturated heterocycles. The topological polar surface area (TPSA) is 44.4 Å². The Labute approximate surface area is 118 Å². The lowest BCUT2D eigenvalue weighted by molar-refractivity contribution is -0.123. The summed E-state index contributed by atoms with van der Waals surface area (Å²) in [6.07, 6.45) is 3.66. The second kappa shape index (κ2) is 8.54. The molecule has 1 rings (SSSR count). The lowest BCUT2D eigenvalue weighted by Crippen LogP contribution is -2.48. The first-order chi connectivity index (χ1) is 9.02. The minimum absolute atomic E-state index is 0.157. The van der Waals surface area contributed by atoms with Crippen molar-refractivity contribution < 1.29 is 4.79 Å². The predicted molar refractivity (Wildman–Crippen MR) is 80.2 cm³/mol. The Morgan fingerprint density at radius 2 is 2.11 bits per heavy atom. The van der Waals surface area contributed by atoms with Crippen LogP contribution in [0, 0.1) is 5.92 Å². The van der Waals surface area contributed by atoms with Gasteiger partial charge in [0.1, 0.15) is 0 Å². The molecule has 2 atom stereocenters. The summed E-state index contributed by atoms with van der Waals surface area (Å²) in [7, 11) is 0. The van der Waals surface area contributed by atoms with E-state index in [0.717, 1.165) is 19.6 Å². The molecule has 1 aliphatic heterocycles. The lowest BCUT2D eigenvalue weighted by Gasteiger charge is -2.35. The number of nitrogens with one attached hydrogen (secondary N) is 2. The second-order valence-electron chi connectivity index (χ2n) is 6.10. The van der Waals surface area contributed by atoms with Crippen molar-refractivity contribution in [3.05, 3.63) is 0 Å². The van der Waals surface area contributed by atoms with Crippen molar-refractivity contribution in [3.8, 4) is 0 Å². The van der Waals surface area contributed by atoms with Gasteiger partial charge in [-0.3, -0.25) is 9.69 Å². The zero-order valence-electron chi connectivity index (χ0n) is 13.0. The van der Waals surface area contributed by atoms with Gasteiger partial charge in [0.15, 0.2) is 0 Å². The van der Waals surface area contributed by atoms with Gasteiger partial charge in [0, 0.05) is 18.6 Å². The third-order valence-electron chi connectivity index (χ3n) is 3.78. The number of rotatable bonds is 7. The molecule has 4 nitrogen and oxygen atoms in total. The highest BCUT2D eigenvalue weighted by Crippen LogP contribution is 2.19. The molecule has 0 aliphatic carbocycles. The lowest BCUT2D eigenvalue weighted by atomic mass is 9.91. The molecule has 0 aromatic rings. The number of carbonyl (C=O) groups excluding carboxylic acids is 1. The van der Waals surface area contributed by atoms with E-state index in [1.165, 1.54) is 19.3 Å². The SMILES string of the molecule is CCCNC(C)C1CCCN(CC(=O)NC(C)C)C1. The van der Waals surface area contributed by atoms with Crippen molar-refractivity contribution in [2.24, 2.45) is 5.92 Å². The van der Waals surface area contributed by atoms with E-state index in [2.05, 4.69) is 29.4 Å². The van der Waals surface area contributed by atoms with Crippen LogP contribution in [0.2, 0.25) is 0 Å². The highest BCUT2D eigenvalue weighted by Gasteiger charge is 2.25. The van der Waals surface area contributed by atoms with Crippen LogP contribution < -0.4 is 10.6 Å². The molecule has 1 heterocycles. The molecular formula is C15H31N3O. The Morgan fingerprint density at radius 3 is 2.74 bits per heavy atom. The van der Waals surface area contributed by atoms with Crippen molar-refractivity contribution in [1.82, 2.24) is 15.5 Å². The van der Waals surface area contributed by atoms with Crippen molar-refractivity contribution in [3.63, 3.8) is 0 Å². The summed E-state index contributed by atoms with van der Waals surface area (Å²) in [6, 6.07) is 0.786. The van der Waals surface area contributed by atoms with E-state index in [4.69, 9.17) is 0 Å². The Bertz CT molecular complexity index is 268. The zero-order chi connectivity index (χ0) is 14.3. The average molecular weight is 269 g/mol. The number of hydrogen-bond acceptors (Lipinski definition) is 3. The number of likely N-dealkylation sites (tertiary alicyclic amines) is 1. The van der Waals surface area contributed by atoms with E-state index in [9.17, 15) is 4.79 Å². The van der Waals surface area contributed by atoms with Gasteiger partial charge in [-0.2, -0.15) is 0 Å². The van der Waals surface area contributed by atoms with E-state index in [1.54, 1.807) is 0 Å². The van der Waals surface area contributed by atoms with Gasteiger partial charge in [-0.15, -0.1) is 0 Å². The van der Waals surface area contributed by atoms with Crippen LogP contribution in [0.5, 0.6) is 0 Å². The molecule has 0 bridgehead atoms. The summed E-state index contributed by atoms with van der Waals surface area (Å²) in [5.41, 5.74) is 0. The van der Waals surface area contributed by atoms with Gasteiger partial charge < -0.3 is 10.6 Å². The molecule has 112 valence electrons. The summed E-state index contributed by atoms with van der Waals surface area (Å²) in [5.74, 6) is 0.831. The molecule has 4 heteroatoms. The van der Waals surface area contributed by atoms with Gasteiger partial charge >= 0.3 is 0 Å². The second-order valence-corrected chi connectivity index (χ2v) is 6.10. The van der Waals surface area contributed by atoms with Crippen molar-refractivity contribution in [1.29, 1.82) is 0 Å². The average Bonchev–Trinajstić information content (AvgIpc) is 2.35. The number of carbonyl (C=O) groups is 1. The van der Waals surface area contributed by atoms with Crippen LogP contribution in [0.3, 0.4) is 0 Å². The maximum absolute atomic E-state index is 11.8. The van der Waals surface area contributed by atoms with Gasteiger partial charge in [-0.25, -0.2) is 0 Å². The molecule has 1 amide bonds. The summed E-state index contributed by atoms with van der Waals surface area (Å²) in [4.78, 5) is 14.1. The maximum atomic E-state index is 11.8. The minimum atomic E-state index is 0.157. The molecule has 0 saturated carbocycles. The fourth-order valence-electron chi connectivity index (χ4n) is 2.75. The van der Waals surface area contributed by atoms with Crippen LogP contribution in [-0.2, 0) is 4.79 Å². The normalized spacial score (nSPS) is 22.5. The zero-order valence-corrected chi connectivity index (χ0v) is 13.0. The molecule has 0 spiro atoms. The Hall–Kier alpha value is -0.610. The molecule has 2 unspecified atom stereocenters. The fourth-order valence-corrected chi connectivity index (χ4v) is 2.75. The smallest absolute Gasteiger partial charge is 0.234 e. The number of nitrogens with zero attached hydrogens (tertiary/aromatic N) is 1. The van der Waals surface area contributed by atoms with Crippen molar-refractivity contribution >= 4 is 5.91 Å². The van der Waals surface area contributed by atoms with E-state index in [0.29, 0.717) is 18.5 Å². The monoisotopic (exact) mass is 269 g/mol. The highest BCUT2D eigenvalue weighted by atomic mass is 16.2. The third kappa shape index (κ3) is 6.39. The van der Waals surface area contributed by atoms with Gasteiger partial charge in [0.2, 0.25) is 5.91 Å². The first-order valence-corrected chi connectivity index (χ1v) is 7.78. The van der Waals surface area contributed by atoms with Gasteiger partial charge in [-0.1, -0.05) is 6.92 Å². The van der Waals surface area contributed by atoms with Crippen molar-refractivity contribution in [2.75, 3.05) is 26.2 Å². The van der Waals surface area contributed by atoms with E-state index in [-0.39, 0.29) is 11.9 Å². The highest BCUT2D eigenvalue weighted by molar-refractivity contribution is 5.78. The molecular weight excluding hydrogens is 238 g/mol. The standard InChI is InChI=1S/C15H31N3O/c1-5-8-16-13(4)14-7-6-9-18(10-14)11-15(19)17-12(2)3/h12-14,16H,5-11H2,1-4H3,(H,17,19). The molecule has 0 aromatic heterocycles. The van der Waals surface area contributed by atoms with Crippen LogP contribution in [0.25, 0.3) is 0 Å². The quantitative estimate of drug-likeness (QED) is 0.738. The number of piperidine rings is 1. The minimum Gasteiger partial charge on any atom is -0.353 e. The van der Waals surface area contributed by atoms with Gasteiger partial charge in [0.05, 0.1) is 6.54 Å². The van der Waals surface area contributed by atoms with Crippen LogP contribution in [-0.4, -0.2) is 49.1 Å². The maximum Gasteiger partial charge on any atom is 0.234 e. The van der Waals surface area contributed by atoms with Crippen molar-refractivity contribution in [2.45, 2.75) is 59.0 Å². The van der Waals surface area contributed by atoms with E-state index < -0.39 is 0 Å². The van der Waals surface area contributed by atoms with E-state index >= 15 is 0 Å². The summed E-state index contributed by atoms with van der Waals surface area (Å²) < 4.78 is 0. The number of hydrogen-bond donors (Lipinski definition) is 2. The first kappa shape index (κ1) is 16.4. The Kier molecular flexibility index (Phi) is 7.39.